The number of likely N-dealkylation sites (tertiary alicyclic amines) is 1. The fourth-order valence-corrected chi connectivity index (χ4v) is 9.53. The molecule has 1 aromatic carbocycles. The third kappa shape index (κ3) is 3.27. The molecule has 7 rings (SSSR count). The van der Waals surface area contributed by atoms with E-state index >= 15 is 0 Å². The molecule has 2 heterocycles. The number of hydrogen-bond donors (Lipinski definition) is 0. The van der Waals surface area contributed by atoms with Gasteiger partial charge in [-0.15, -0.1) is 0 Å². The molecule has 174 valence electrons. The summed E-state index contributed by atoms with van der Waals surface area (Å²) in [5, 5.41) is 2.59. The molecule has 4 fully saturated rings. The zero-order valence-corrected chi connectivity index (χ0v) is 20.4. The largest absolute Gasteiger partial charge is 0.300 e. The summed E-state index contributed by atoms with van der Waals surface area (Å²) in [7, 11) is 0. The summed E-state index contributed by atoms with van der Waals surface area (Å²) < 4.78 is 0. The van der Waals surface area contributed by atoms with Crippen molar-refractivity contribution in [2.24, 2.45) is 35.0 Å². The van der Waals surface area contributed by atoms with E-state index in [1.54, 1.807) is 5.57 Å². The van der Waals surface area contributed by atoms with Crippen LogP contribution in [-0.2, 0) is 0 Å². The SMILES string of the molecule is C[C@]12CC[C@H]3[C@@H](CC[C@H]4C[C@@H](N5CCCC5)CC[C@@H]43)[C@@H]1CC=C2c1ccc2ccncc2c1. The first-order chi connectivity index (χ1) is 16.2. The molecule has 2 heteroatoms. The third-order valence-corrected chi connectivity index (χ3v) is 11.1. The van der Waals surface area contributed by atoms with Crippen molar-refractivity contribution >= 4 is 16.3 Å². The fraction of sp³-hybridized carbons (Fsp3) is 0.645. The Bertz CT molecular complexity index is 1070. The highest BCUT2D eigenvalue weighted by atomic mass is 15.2. The average molecular weight is 441 g/mol. The Balaban J connectivity index is 1.11. The first-order valence-electron chi connectivity index (χ1n) is 14.0. The maximum atomic E-state index is 4.38. The lowest BCUT2D eigenvalue weighted by Gasteiger charge is -2.56. The van der Waals surface area contributed by atoms with Crippen LogP contribution in [0.15, 0.2) is 42.7 Å². The van der Waals surface area contributed by atoms with Crippen molar-refractivity contribution in [1.29, 1.82) is 0 Å². The molecular weight excluding hydrogens is 400 g/mol. The topological polar surface area (TPSA) is 16.1 Å². The minimum atomic E-state index is 0.372. The van der Waals surface area contributed by atoms with Crippen molar-refractivity contribution in [3.8, 4) is 0 Å². The Hall–Kier alpha value is -1.67. The van der Waals surface area contributed by atoms with Gasteiger partial charge < -0.3 is 4.90 Å². The van der Waals surface area contributed by atoms with Gasteiger partial charge >= 0.3 is 0 Å². The quantitative estimate of drug-likeness (QED) is 0.485. The number of hydrogen-bond acceptors (Lipinski definition) is 2. The van der Waals surface area contributed by atoms with Crippen LogP contribution in [0.2, 0.25) is 0 Å². The molecule has 0 radical (unpaired) electrons. The lowest BCUT2D eigenvalue weighted by atomic mass is 9.49. The van der Waals surface area contributed by atoms with E-state index in [2.05, 4.69) is 47.1 Å². The molecule has 2 aromatic rings. The summed E-state index contributed by atoms with van der Waals surface area (Å²) in [6, 6.07) is 10.1. The molecule has 7 atom stereocenters. The predicted molar refractivity (Wildman–Crippen MR) is 137 cm³/mol. The van der Waals surface area contributed by atoms with Gasteiger partial charge in [0, 0.05) is 23.8 Å². The molecule has 0 amide bonds. The van der Waals surface area contributed by atoms with E-state index in [0.29, 0.717) is 5.41 Å². The maximum absolute atomic E-state index is 4.38. The maximum Gasteiger partial charge on any atom is 0.0346 e. The molecular formula is C31H40N2. The number of fused-ring (bicyclic) bond motifs is 6. The zero-order chi connectivity index (χ0) is 22.0. The summed E-state index contributed by atoms with van der Waals surface area (Å²) in [6.45, 7) is 5.39. The number of pyridine rings is 1. The van der Waals surface area contributed by atoms with Crippen LogP contribution in [0.3, 0.4) is 0 Å². The van der Waals surface area contributed by atoms with Gasteiger partial charge in [0.05, 0.1) is 0 Å². The highest BCUT2D eigenvalue weighted by molar-refractivity contribution is 5.86. The van der Waals surface area contributed by atoms with Crippen LogP contribution in [0, 0.1) is 35.0 Å². The Morgan fingerprint density at radius 2 is 1.79 bits per heavy atom. The molecule has 0 spiro atoms. The van der Waals surface area contributed by atoms with Gasteiger partial charge in [0.15, 0.2) is 0 Å². The van der Waals surface area contributed by atoms with E-state index in [-0.39, 0.29) is 0 Å². The van der Waals surface area contributed by atoms with Gasteiger partial charge in [0.2, 0.25) is 0 Å². The van der Waals surface area contributed by atoms with Gasteiger partial charge in [0.25, 0.3) is 0 Å². The number of allylic oxidation sites excluding steroid dienone is 2. The van der Waals surface area contributed by atoms with Crippen LogP contribution in [0.5, 0.6) is 0 Å². The molecule has 4 aliphatic carbocycles. The van der Waals surface area contributed by atoms with E-state index in [0.717, 1.165) is 35.6 Å². The molecule has 3 saturated carbocycles. The first-order valence-corrected chi connectivity index (χ1v) is 14.0. The normalized spacial score (nSPS) is 40.8. The van der Waals surface area contributed by atoms with E-state index in [4.69, 9.17) is 0 Å². The molecule has 0 unspecified atom stereocenters. The molecule has 2 nitrogen and oxygen atoms in total. The van der Waals surface area contributed by atoms with E-state index in [9.17, 15) is 0 Å². The van der Waals surface area contributed by atoms with Crippen LogP contribution >= 0.6 is 0 Å². The first kappa shape index (κ1) is 20.7. The van der Waals surface area contributed by atoms with Crippen molar-refractivity contribution in [3.63, 3.8) is 0 Å². The second-order valence-corrected chi connectivity index (χ2v) is 12.4. The summed E-state index contributed by atoms with van der Waals surface area (Å²) >= 11 is 0. The van der Waals surface area contributed by atoms with Gasteiger partial charge in [-0.25, -0.2) is 0 Å². The minimum Gasteiger partial charge on any atom is -0.300 e. The van der Waals surface area contributed by atoms with Crippen molar-refractivity contribution in [2.75, 3.05) is 13.1 Å². The molecule has 1 saturated heterocycles. The second kappa shape index (κ2) is 7.94. The van der Waals surface area contributed by atoms with Crippen molar-refractivity contribution in [2.45, 2.75) is 77.2 Å². The Morgan fingerprint density at radius 1 is 0.909 bits per heavy atom. The molecule has 0 N–H and O–H groups in total. The van der Waals surface area contributed by atoms with Gasteiger partial charge in [0.1, 0.15) is 0 Å². The van der Waals surface area contributed by atoms with E-state index < -0.39 is 0 Å². The number of aromatic nitrogens is 1. The van der Waals surface area contributed by atoms with Gasteiger partial charge in [-0.1, -0.05) is 25.1 Å². The van der Waals surface area contributed by atoms with Crippen molar-refractivity contribution in [1.82, 2.24) is 9.88 Å². The summed E-state index contributed by atoms with van der Waals surface area (Å²) in [5.41, 5.74) is 3.48. The van der Waals surface area contributed by atoms with Crippen LogP contribution < -0.4 is 0 Å². The summed E-state index contributed by atoms with van der Waals surface area (Å²) in [4.78, 5) is 7.23. The van der Waals surface area contributed by atoms with Gasteiger partial charge in [-0.3, -0.25) is 4.98 Å². The van der Waals surface area contributed by atoms with Crippen LogP contribution in [0.25, 0.3) is 16.3 Å². The molecule has 5 aliphatic rings. The van der Waals surface area contributed by atoms with Crippen LogP contribution in [0.4, 0.5) is 0 Å². The lowest BCUT2D eigenvalue weighted by molar-refractivity contribution is -0.0499. The Kier molecular flexibility index (Phi) is 4.98. The molecule has 33 heavy (non-hydrogen) atoms. The monoisotopic (exact) mass is 440 g/mol. The standard InChI is InChI=1S/C31H40N2/c1-31-14-12-27-26-9-7-25(33-16-2-3-17-33)19-22(26)6-8-28(27)30(31)11-10-29(31)23-5-4-21-13-15-32-20-24(21)18-23/h4-5,10,13,15,18,20,22,25-28,30H,2-3,6-9,11-12,14,16-17,19H2,1H3/t22-,25-,26-,27+,28+,30-,31+/m0/s1. The highest BCUT2D eigenvalue weighted by Gasteiger charge is 2.55. The van der Waals surface area contributed by atoms with Crippen molar-refractivity contribution in [3.05, 3.63) is 48.3 Å². The van der Waals surface area contributed by atoms with Crippen molar-refractivity contribution < 1.29 is 0 Å². The second-order valence-electron chi connectivity index (χ2n) is 12.4. The number of nitrogens with zero attached hydrogens (tertiary/aromatic N) is 2. The van der Waals surface area contributed by atoms with E-state index in [1.165, 1.54) is 93.6 Å². The van der Waals surface area contributed by atoms with Gasteiger partial charge in [-0.2, -0.15) is 0 Å². The molecule has 0 bridgehead atoms. The Labute approximate surface area is 199 Å². The summed E-state index contributed by atoms with van der Waals surface area (Å²) in [6.07, 6.45) is 21.2. The smallest absolute Gasteiger partial charge is 0.0346 e. The van der Waals surface area contributed by atoms with Crippen LogP contribution in [-0.4, -0.2) is 29.0 Å². The Morgan fingerprint density at radius 3 is 2.70 bits per heavy atom. The average Bonchev–Trinajstić information content (AvgIpc) is 3.51. The lowest BCUT2D eigenvalue weighted by Crippen LogP contribution is -2.50. The fourth-order valence-electron chi connectivity index (χ4n) is 9.53. The van der Waals surface area contributed by atoms with E-state index in [1.807, 2.05) is 12.4 Å². The molecule has 1 aliphatic heterocycles. The molecule has 1 aromatic heterocycles. The highest BCUT2D eigenvalue weighted by Crippen LogP contribution is 2.64. The van der Waals surface area contributed by atoms with Gasteiger partial charge in [-0.05, 0) is 141 Å². The predicted octanol–water partition coefficient (Wildman–Crippen LogP) is 7.35. The number of benzene rings is 1. The summed E-state index contributed by atoms with van der Waals surface area (Å²) in [5.74, 6) is 4.90. The number of rotatable bonds is 2. The zero-order valence-electron chi connectivity index (χ0n) is 20.4. The minimum absolute atomic E-state index is 0.372. The van der Waals surface area contributed by atoms with Crippen LogP contribution in [0.1, 0.15) is 76.7 Å². The third-order valence-electron chi connectivity index (χ3n) is 11.1.